The molecule has 1 heterocycles. The van der Waals surface area contributed by atoms with Gasteiger partial charge in [-0.2, -0.15) is 0 Å². The van der Waals surface area contributed by atoms with Crippen molar-refractivity contribution in [3.8, 4) is 11.5 Å². The second-order valence-electron chi connectivity index (χ2n) is 4.37. The molecule has 0 fully saturated rings. The van der Waals surface area contributed by atoms with Crippen LogP contribution in [0.3, 0.4) is 0 Å². The quantitative estimate of drug-likeness (QED) is 0.607. The number of anilines is 2. The summed E-state index contributed by atoms with van der Waals surface area (Å²) in [6.45, 7) is 0.963. The largest absolute Gasteiger partial charge is 0.489 e. The fourth-order valence-corrected chi connectivity index (χ4v) is 2.74. The third-order valence-electron chi connectivity index (χ3n) is 2.72. The minimum atomic E-state index is -3.91. The van der Waals surface area contributed by atoms with E-state index in [4.69, 9.17) is 15.2 Å². The number of esters is 1. The van der Waals surface area contributed by atoms with E-state index in [0.717, 1.165) is 13.5 Å². The van der Waals surface area contributed by atoms with E-state index in [2.05, 4.69) is 9.46 Å². The first-order chi connectivity index (χ1) is 9.91. The summed E-state index contributed by atoms with van der Waals surface area (Å²) in [5.74, 6) is -0.800. The standard InChI is InChI=1S/C12H16N2O6S/c1-18-12(15)7-21(16,17)14-9-6-11-10(5-8(9)13)19-3-2-4-20-11/h5-6,14H,2-4,7,13H2,1H3. The van der Waals surface area contributed by atoms with E-state index in [1.54, 1.807) is 0 Å². The summed E-state index contributed by atoms with van der Waals surface area (Å²) in [6.07, 6.45) is 0.720. The van der Waals surface area contributed by atoms with Crippen molar-refractivity contribution in [2.24, 2.45) is 0 Å². The number of methoxy groups -OCH3 is 1. The number of nitrogens with one attached hydrogen (secondary N) is 1. The fraction of sp³-hybridized carbons (Fsp3) is 0.417. The van der Waals surface area contributed by atoms with E-state index in [1.807, 2.05) is 0 Å². The first-order valence-electron chi connectivity index (χ1n) is 6.18. The van der Waals surface area contributed by atoms with Crippen LogP contribution in [0.1, 0.15) is 6.42 Å². The molecule has 8 nitrogen and oxygen atoms in total. The van der Waals surface area contributed by atoms with E-state index >= 15 is 0 Å². The van der Waals surface area contributed by atoms with Gasteiger partial charge in [0.15, 0.2) is 17.3 Å². The Hall–Kier alpha value is -2.16. The molecule has 0 atom stereocenters. The van der Waals surface area contributed by atoms with Gasteiger partial charge in [-0.3, -0.25) is 9.52 Å². The Kier molecular flexibility index (Phi) is 4.41. The van der Waals surface area contributed by atoms with Crippen LogP contribution in [0, 0.1) is 0 Å². The molecule has 0 unspecified atom stereocenters. The second-order valence-corrected chi connectivity index (χ2v) is 6.10. The van der Waals surface area contributed by atoms with Gasteiger partial charge in [-0.05, 0) is 0 Å². The molecule has 9 heteroatoms. The van der Waals surface area contributed by atoms with Gasteiger partial charge < -0.3 is 19.9 Å². The van der Waals surface area contributed by atoms with Crippen LogP contribution in [0.25, 0.3) is 0 Å². The van der Waals surface area contributed by atoms with E-state index in [0.29, 0.717) is 24.7 Å². The van der Waals surface area contributed by atoms with Gasteiger partial charge in [0.05, 0.1) is 31.7 Å². The van der Waals surface area contributed by atoms with Crippen LogP contribution in [-0.4, -0.2) is 40.5 Å². The zero-order chi connectivity index (χ0) is 15.5. The van der Waals surface area contributed by atoms with Crippen molar-refractivity contribution in [1.82, 2.24) is 0 Å². The fourth-order valence-electron chi connectivity index (χ4n) is 1.73. The van der Waals surface area contributed by atoms with Crippen molar-refractivity contribution in [1.29, 1.82) is 0 Å². The Labute approximate surface area is 122 Å². The maximum absolute atomic E-state index is 11.8. The summed E-state index contributed by atoms with van der Waals surface area (Å²) in [4.78, 5) is 11.1. The van der Waals surface area contributed by atoms with Gasteiger partial charge in [0.25, 0.3) is 0 Å². The number of ether oxygens (including phenoxy) is 3. The van der Waals surface area contributed by atoms with Crippen LogP contribution >= 0.6 is 0 Å². The summed E-state index contributed by atoms with van der Waals surface area (Å²) in [5, 5.41) is 0. The Morgan fingerprint density at radius 3 is 2.57 bits per heavy atom. The highest BCUT2D eigenvalue weighted by atomic mass is 32.2. The number of benzene rings is 1. The van der Waals surface area contributed by atoms with E-state index in [-0.39, 0.29) is 11.4 Å². The average molecular weight is 316 g/mol. The number of sulfonamides is 1. The van der Waals surface area contributed by atoms with E-state index < -0.39 is 21.7 Å². The van der Waals surface area contributed by atoms with Crippen molar-refractivity contribution in [2.75, 3.05) is 36.5 Å². The lowest BCUT2D eigenvalue weighted by Gasteiger charge is -2.13. The van der Waals surface area contributed by atoms with Crippen molar-refractivity contribution in [2.45, 2.75) is 6.42 Å². The molecule has 0 amide bonds. The third-order valence-corrected chi connectivity index (χ3v) is 3.87. The van der Waals surface area contributed by atoms with Crippen LogP contribution in [-0.2, 0) is 19.6 Å². The van der Waals surface area contributed by atoms with E-state index in [1.165, 1.54) is 12.1 Å². The number of fused-ring (bicyclic) bond motifs is 1. The molecule has 116 valence electrons. The molecule has 0 bridgehead atoms. The van der Waals surface area contributed by atoms with Gasteiger partial charge >= 0.3 is 5.97 Å². The van der Waals surface area contributed by atoms with Crippen LogP contribution in [0.4, 0.5) is 11.4 Å². The normalized spacial score (nSPS) is 14.1. The molecule has 1 aliphatic heterocycles. The van der Waals surface area contributed by atoms with Crippen molar-refractivity contribution < 1.29 is 27.4 Å². The molecule has 0 aliphatic carbocycles. The lowest BCUT2D eigenvalue weighted by Crippen LogP contribution is -2.24. The van der Waals surface area contributed by atoms with Crippen LogP contribution in [0.2, 0.25) is 0 Å². The monoisotopic (exact) mass is 316 g/mol. The smallest absolute Gasteiger partial charge is 0.322 e. The molecule has 2 rings (SSSR count). The zero-order valence-corrected chi connectivity index (χ0v) is 12.2. The van der Waals surface area contributed by atoms with Crippen LogP contribution < -0.4 is 19.9 Å². The summed E-state index contributed by atoms with van der Waals surface area (Å²) in [6, 6.07) is 2.92. The minimum Gasteiger partial charge on any atom is -0.489 e. The summed E-state index contributed by atoms with van der Waals surface area (Å²) in [7, 11) is -2.79. The second kappa shape index (κ2) is 6.08. The lowest BCUT2D eigenvalue weighted by atomic mass is 10.2. The highest BCUT2D eigenvalue weighted by Gasteiger charge is 2.20. The summed E-state index contributed by atoms with van der Waals surface area (Å²) < 4.78 is 41.1. The average Bonchev–Trinajstić information content (AvgIpc) is 2.63. The molecule has 1 aliphatic rings. The maximum Gasteiger partial charge on any atom is 0.322 e. The highest BCUT2D eigenvalue weighted by molar-refractivity contribution is 7.93. The van der Waals surface area contributed by atoms with Gasteiger partial charge in [0.2, 0.25) is 10.0 Å². The molecule has 1 aromatic rings. The number of hydrogen-bond acceptors (Lipinski definition) is 7. The molecule has 0 saturated heterocycles. The predicted molar refractivity (Wildman–Crippen MR) is 75.9 cm³/mol. The lowest BCUT2D eigenvalue weighted by molar-refractivity contribution is -0.137. The number of rotatable bonds is 4. The van der Waals surface area contributed by atoms with E-state index in [9.17, 15) is 13.2 Å². The van der Waals surface area contributed by atoms with Crippen molar-refractivity contribution >= 4 is 27.4 Å². The van der Waals surface area contributed by atoms with Crippen LogP contribution in [0.5, 0.6) is 11.5 Å². The van der Waals surface area contributed by atoms with Gasteiger partial charge in [0.1, 0.15) is 0 Å². The molecule has 0 aromatic heterocycles. The Balaban J connectivity index is 2.24. The van der Waals surface area contributed by atoms with Gasteiger partial charge in [-0.25, -0.2) is 8.42 Å². The SMILES string of the molecule is COC(=O)CS(=O)(=O)Nc1cc2c(cc1N)OCCCO2. The number of hydrogen-bond donors (Lipinski definition) is 2. The highest BCUT2D eigenvalue weighted by Crippen LogP contribution is 2.36. The molecule has 21 heavy (non-hydrogen) atoms. The van der Waals surface area contributed by atoms with Gasteiger partial charge in [0, 0.05) is 18.6 Å². The van der Waals surface area contributed by atoms with Crippen molar-refractivity contribution in [3.63, 3.8) is 0 Å². The predicted octanol–water partition coefficient (Wildman–Crippen LogP) is 0.345. The number of carbonyl (C=O) groups excluding carboxylic acids is 1. The zero-order valence-electron chi connectivity index (χ0n) is 11.4. The Morgan fingerprint density at radius 1 is 1.33 bits per heavy atom. The minimum absolute atomic E-state index is 0.128. The van der Waals surface area contributed by atoms with Gasteiger partial charge in [-0.1, -0.05) is 0 Å². The Bertz CT molecular complexity index is 643. The molecule has 1 aromatic carbocycles. The first-order valence-corrected chi connectivity index (χ1v) is 7.83. The maximum atomic E-state index is 11.8. The molecule has 0 spiro atoms. The number of carbonyl (C=O) groups is 1. The Morgan fingerprint density at radius 2 is 1.95 bits per heavy atom. The third kappa shape index (κ3) is 3.91. The molecule has 3 N–H and O–H groups in total. The molecule has 0 radical (unpaired) electrons. The molecular formula is C12H16N2O6S. The first kappa shape index (κ1) is 15.2. The molecular weight excluding hydrogens is 300 g/mol. The summed E-state index contributed by atoms with van der Waals surface area (Å²) in [5.41, 5.74) is 6.09. The topological polar surface area (TPSA) is 117 Å². The number of nitrogen functional groups attached to an aromatic ring is 1. The van der Waals surface area contributed by atoms with Crippen molar-refractivity contribution in [3.05, 3.63) is 12.1 Å². The van der Waals surface area contributed by atoms with Gasteiger partial charge in [-0.15, -0.1) is 0 Å². The number of nitrogens with two attached hydrogens (primary N) is 1. The van der Waals surface area contributed by atoms with Crippen LogP contribution in [0.15, 0.2) is 12.1 Å². The summed E-state index contributed by atoms with van der Waals surface area (Å²) >= 11 is 0. The molecule has 0 saturated carbocycles.